The number of aliphatic carboxylic acids is 1. The van der Waals surface area contributed by atoms with Crippen LogP contribution in [0.15, 0.2) is 35.7 Å². The predicted molar refractivity (Wildman–Crippen MR) is 55.5 cm³/mol. The minimum absolute atomic E-state index is 1.35. The molecular formula is C10H7F3O2S. The summed E-state index contributed by atoms with van der Waals surface area (Å²) in [5.74, 6) is -2.76. The van der Waals surface area contributed by atoms with Gasteiger partial charge in [-0.3, -0.25) is 0 Å². The third-order valence-corrected chi connectivity index (χ3v) is 2.50. The molecule has 6 heteroatoms. The van der Waals surface area contributed by atoms with Crippen molar-refractivity contribution in [3.8, 4) is 0 Å². The molecule has 2 nitrogen and oxygen atoms in total. The summed E-state index contributed by atoms with van der Waals surface area (Å²) in [6, 6.07) is 10.5. The lowest BCUT2D eigenvalue weighted by Gasteiger charge is -1.93. The number of fused-ring (bicyclic) bond motifs is 1. The molecule has 0 fully saturated rings. The van der Waals surface area contributed by atoms with Gasteiger partial charge >= 0.3 is 12.1 Å². The fraction of sp³-hybridized carbons (Fsp3) is 0.100. The van der Waals surface area contributed by atoms with E-state index in [-0.39, 0.29) is 0 Å². The maximum absolute atomic E-state index is 10.6. The molecule has 2 rings (SSSR count). The molecule has 0 aliphatic rings. The fourth-order valence-corrected chi connectivity index (χ4v) is 1.70. The van der Waals surface area contributed by atoms with Gasteiger partial charge in [0.05, 0.1) is 0 Å². The molecule has 0 spiro atoms. The highest BCUT2D eigenvalue weighted by molar-refractivity contribution is 7.17. The van der Waals surface area contributed by atoms with E-state index < -0.39 is 12.1 Å². The number of halogens is 3. The molecule has 0 amide bonds. The summed E-state index contributed by atoms with van der Waals surface area (Å²) in [6.45, 7) is 0. The van der Waals surface area contributed by atoms with Crippen LogP contribution in [0.2, 0.25) is 0 Å². The topological polar surface area (TPSA) is 37.3 Å². The van der Waals surface area contributed by atoms with Crippen molar-refractivity contribution in [3.05, 3.63) is 35.7 Å². The van der Waals surface area contributed by atoms with E-state index in [0.29, 0.717) is 0 Å². The highest BCUT2D eigenvalue weighted by atomic mass is 32.1. The van der Waals surface area contributed by atoms with Crippen molar-refractivity contribution in [2.75, 3.05) is 0 Å². The van der Waals surface area contributed by atoms with E-state index in [2.05, 4.69) is 35.7 Å². The van der Waals surface area contributed by atoms with Crippen LogP contribution in [-0.4, -0.2) is 17.3 Å². The molecule has 16 heavy (non-hydrogen) atoms. The minimum atomic E-state index is -5.08. The van der Waals surface area contributed by atoms with E-state index in [1.807, 2.05) is 0 Å². The van der Waals surface area contributed by atoms with Gasteiger partial charge in [0, 0.05) is 4.70 Å². The van der Waals surface area contributed by atoms with Gasteiger partial charge in [0.1, 0.15) is 0 Å². The first-order valence-electron chi connectivity index (χ1n) is 4.13. The van der Waals surface area contributed by atoms with Gasteiger partial charge in [0.15, 0.2) is 0 Å². The molecular weight excluding hydrogens is 241 g/mol. The molecule has 2 aromatic rings. The molecule has 0 atom stereocenters. The third kappa shape index (κ3) is 3.54. The van der Waals surface area contributed by atoms with Crippen molar-refractivity contribution in [1.29, 1.82) is 0 Å². The van der Waals surface area contributed by atoms with E-state index in [9.17, 15) is 13.2 Å². The summed E-state index contributed by atoms with van der Waals surface area (Å²) in [5, 5.41) is 10.6. The smallest absolute Gasteiger partial charge is 0.475 e. The molecule has 1 N–H and O–H groups in total. The average molecular weight is 248 g/mol. The van der Waals surface area contributed by atoms with Crippen molar-refractivity contribution in [1.82, 2.24) is 0 Å². The number of hydrogen-bond acceptors (Lipinski definition) is 2. The summed E-state index contributed by atoms with van der Waals surface area (Å²) in [7, 11) is 0. The summed E-state index contributed by atoms with van der Waals surface area (Å²) in [5.41, 5.74) is 0. The van der Waals surface area contributed by atoms with Crippen LogP contribution >= 0.6 is 11.3 Å². The lowest BCUT2D eigenvalue weighted by atomic mass is 10.3. The van der Waals surface area contributed by atoms with Crippen molar-refractivity contribution in [2.24, 2.45) is 0 Å². The SMILES string of the molecule is O=C(O)C(F)(F)F.c1ccc2sccc2c1. The molecule has 1 aromatic heterocycles. The normalized spacial score (nSPS) is 10.7. The first kappa shape index (κ1) is 12.5. The number of carbonyl (C=O) groups is 1. The van der Waals surface area contributed by atoms with Crippen LogP contribution in [0.4, 0.5) is 13.2 Å². The van der Waals surface area contributed by atoms with Gasteiger partial charge in [-0.2, -0.15) is 13.2 Å². The Hall–Kier alpha value is -1.56. The van der Waals surface area contributed by atoms with Crippen LogP contribution in [0, 0.1) is 0 Å². The average Bonchev–Trinajstić information content (AvgIpc) is 2.64. The Morgan fingerprint density at radius 2 is 1.75 bits per heavy atom. The van der Waals surface area contributed by atoms with E-state index >= 15 is 0 Å². The monoisotopic (exact) mass is 248 g/mol. The summed E-state index contributed by atoms with van der Waals surface area (Å²) >= 11 is 1.79. The van der Waals surface area contributed by atoms with E-state index in [1.165, 1.54) is 10.1 Å². The standard InChI is InChI=1S/C8H6S.C2HF3O2/c1-2-4-8-7(3-1)5-6-9-8;3-2(4,5)1(6)7/h1-6H;(H,6,7). The van der Waals surface area contributed by atoms with Crippen LogP contribution < -0.4 is 0 Å². The lowest BCUT2D eigenvalue weighted by molar-refractivity contribution is -0.192. The second-order valence-corrected chi connectivity index (χ2v) is 3.71. The molecule has 0 aliphatic heterocycles. The number of thiophene rings is 1. The van der Waals surface area contributed by atoms with Crippen molar-refractivity contribution < 1.29 is 23.1 Å². The number of hydrogen-bond donors (Lipinski definition) is 1. The quantitative estimate of drug-likeness (QED) is 0.774. The second kappa shape index (κ2) is 4.98. The Balaban J connectivity index is 0.000000168. The molecule has 1 aromatic carbocycles. The number of carboxylic acid groups (broad SMARTS) is 1. The summed E-state index contributed by atoms with van der Waals surface area (Å²) in [4.78, 5) is 8.90. The van der Waals surface area contributed by atoms with E-state index in [1.54, 1.807) is 11.3 Å². The molecule has 0 saturated heterocycles. The van der Waals surface area contributed by atoms with Crippen LogP contribution in [-0.2, 0) is 4.79 Å². The van der Waals surface area contributed by atoms with E-state index in [4.69, 9.17) is 9.90 Å². The molecule has 0 saturated carbocycles. The number of alkyl halides is 3. The number of rotatable bonds is 0. The van der Waals surface area contributed by atoms with Crippen molar-refractivity contribution in [2.45, 2.75) is 6.18 Å². The zero-order chi connectivity index (χ0) is 12.2. The minimum Gasteiger partial charge on any atom is -0.475 e. The predicted octanol–water partition coefficient (Wildman–Crippen LogP) is 3.53. The van der Waals surface area contributed by atoms with Gasteiger partial charge in [-0.05, 0) is 22.9 Å². The Morgan fingerprint density at radius 1 is 1.19 bits per heavy atom. The van der Waals surface area contributed by atoms with Gasteiger partial charge in [0.2, 0.25) is 0 Å². The Bertz CT molecular complexity index is 446. The van der Waals surface area contributed by atoms with Crippen LogP contribution in [0.3, 0.4) is 0 Å². The van der Waals surface area contributed by atoms with Gasteiger partial charge < -0.3 is 5.11 Å². The first-order valence-corrected chi connectivity index (χ1v) is 5.01. The Labute approximate surface area is 92.9 Å². The fourth-order valence-electron chi connectivity index (χ4n) is 0.906. The second-order valence-electron chi connectivity index (χ2n) is 2.76. The lowest BCUT2D eigenvalue weighted by Crippen LogP contribution is -2.21. The van der Waals surface area contributed by atoms with Crippen molar-refractivity contribution in [3.63, 3.8) is 0 Å². The molecule has 0 bridgehead atoms. The summed E-state index contributed by atoms with van der Waals surface area (Å²) < 4.78 is 33.1. The van der Waals surface area contributed by atoms with Gasteiger partial charge in [-0.15, -0.1) is 11.3 Å². The number of benzene rings is 1. The van der Waals surface area contributed by atoms with Gasteiger partial charge in [-0.1, -0.05) is 18.2 Å². The van der Waals surface area contributed by atoms with E-state index in [0.717, 1.165) is 0 Å². The maximum Gasteiger partial charge on any atom is 0.490 e. The van der Waals surface area contributed by atoms with Crippen LogP contribution in [0.1, 0.15) is 0 Å². The Morgan fingerprint density at radius 3 is 2.25 bits per heavy atom. The zero-order valence-corrected chi connectivity index (χ0v) is 8.68. The van der Waals surface area contributed by atoms with Crippen LogP contribution in [0.25, 0.3) is 10.1 Å². The first-order chi connectivity index (χ1) is 7.41. The third-order valence-electron chi connectivity index (χ3n) is 1.60. The highest BCUT2D eigenvalue weighted by Gasteiger charge is 2.38. The zero-order valence-electron chi connectivity index (χ0n) is 7.86. The molecule has 86 valence electrons. The maximum atomic E-state index is 10.6. The largest absolute Gasteiger partial charge is 0.490 e. The van der Waals surface area contributed by atoms with Gasteiger partial charge in [0.25, 0.3) is 0 Å². The van der Waals surface area contributed by atoms with Crippen LogP contribution in [0.5, 0.6) is 0 Å². The molecule has 0 unspecified atom stereocenters. The Kier molecular flexibility index (Phi) is 3.89. The highest BCUT2D eigenvalue weighted by Crippen LogP contribution is 2.18. The number of carboxylic acids is 1. The summed E-state index contributed by atoms with van der Waals surface area (Å²) in [6.07, 6.45) is -5.08. The van der Waals surface area contributed by atoms with Gasteiger partial charge in [-0.25, -0.2) is 4.79 Å². The molecule has 1 heterocycles. The molecule has 0 radical (unpaired) electrons. The molecule has 0 aliphatic carbocycles. The van der Waals surface area contributed by atoms with Crippen molar-refractivity contribution >= 4 is 27.4 Å².